The molecule has 0 amide bonds. The molecule has 0 saturated carbocycles. The van der Waals surface area contributed by atoms with Crippen molar-refractivity contribution >= 4 is 11.6 Å². The maximum absolute atomic E-state index is 13.1. The van der Waals surface area contributed by atoms with Crippen LogP contribution in [0.2, 0.25) is 5.02 Å². The molecule has 0 aliphatic carbocycles. The van der Waals surface area contributed by atoms with Crippen LogP contribution in [0, 0.1) is 5.82 Å². The Morgan fingerprint density at radius 3 is 2.67 bits per heavy atom. The fraction of sp³-hybridized carbons (Fsp3) is 0.125. The standard InChI is InChI=1S/C16H13ClFNO2/c17-14-8-11(3-5-15(14)18)16-6-4-13(21-16)10-19-9-12-2-1-7-20-12/h1-8,19H,9-10H2/p+1. The summed E-state index contributed by atoms with van der Waals surface area (Å²) in [6.45, 7) is 1.46. The van der Waals surface area contributed by atoms with Gasteiger partial charge in [-0.1, -0.05) is 11.6 Å². The molecule has 2 N–H and O–H groups in total. The molecule has 0 atom stereocenters. The molecule has 3 rings (SSSR count). The largest absolute Gasteiger partial charge is 0.463 e. The van der Waals surface area contributed by atoms with Gasteiger partial charge < -0.3 is 14.2 Å². The van der Waals surface area contributed by atoms with Crippen molar-refractivity contribution in [1.82, 2.24) is 0 Å². The third-order valence-electron chi connectivity index (χ3n) is 3.14. The lowest BCUT2D eigenvalue weighted by molar-refractivity contribution is -0.689. The number of hydrogen-bond donors (Lipinski definition) is 1. The second-order valence-corrected chi connectivity index (χ2v) is 5.08. The highest BCUT2D eigenvalue weighted by molar-refractivity contribution is 6.31. The number of hydrogen-bond acceptors (Lipinski definition) is 2. The van der Waals surface area contributed by atoms with Crippen LogP contribution in [0.25, 0.3) is 11.3 Å². The first-order valence-electron chi connectivity index (χ1n) is 6.60. The first kappa shape index (κ1) is 13.9. The number of halogens is 2. The smallest absolute Gasteiger partial charge is 0.158 e. The van der Waals surface area contributed by atoms with Gasteiger partial charge in [-0.25, -0.2) is 4.39 Å². The lowest BCUT2D eigenvalue weighted by Crippen LogP contribution is -2.80. The number of rotatable bonds is 5. The highest BCUT2D eigenvalue weighted by Gasteiger charge is 2.09. The summed E-state index contributed by atoms with van der Waals surface area (Å²) in [5.41, 5.74) is 0.763. The SMILES string of the molecule is Fc1ccc(-c2ccc(C[NH2+]Cc3ccco3)o2)cc1Cl. The van der Waals surface area contributed by atoms with Crippen LogP contribution in [0.3, 0.4) is 0 Å². The topological polar surface area (TPSA) is 42.9 Å². The number of benzene rings is 1. The van der Waals surface area contributed by atoms with Gasteiger partial charge in [0, 0.05) is 5.56 Å². The van der Waals surface area contributed by atoms with E-state index in [4.69, 9.17) is 20.4 Å². The zero-order valence-electron chi connectivity index (χ0n) is 11.2. The summed E-state index contributed by atoms with van der Waals surface area (Å²) in [7, 11) is 0. The van der Waals surface area contributed by atoms with Crippen molar-refractivity contribution in [3.8, 4) is 11.3 Å². The van der Waals surface area contributed by atoms with Crippen LogP contribution in [0.5, 0.6) is 0 Å². The highest BCUT2D eigenvalue weighted by atomic mass is 35.5. The van der Waals surface area contributed by atoms with E-state index in [0.717, 1.165) is 23.6 Å². The first-order valence-corrected chi connectivity index (χ1v) is 6.98. The average Bonchev–Trinajstić information content (AvgIpc) is 3.13. The molecule has 0 saturated heterocycles. The monoisotopic (exact) mass is 306 g/mol. The molecular formula is C16H14ClFNO2+. The molecule has 0 unspecified atom stereocenters. The number of furan rings is 2. The lowest BCUT2D eigenvalue weighted by atomic mass is 10.2. The van der Waals surface area contributed by atoms with Gasteiger partial charge in [0.1, 0.15) is 24.7 Å². The summed E-state index contributed by atoms with van der Waals surface area (Å²) in [4.78, 5) is 0. The van der Waals surface area contributed by atoms with Gasteiger partial charge in [0.05, 0.1) is 11.3 Å². The predicted octanol–water partition coefficient (Wildman–Crippen LogP) is 3.60. The van der Waals surface area contributed by atoms with Crippen LogP contribution in [0.15, 0.2) is 57.6 Å². The Labute approximate surface area is 126 Å². The molecule has 3 nitrogen and oxygen atoms in total. The maximum Gasteiger partial charge on any atom is 0.158 e. The molecule has 0 bridgehead atoms. The zero-order valence-corrected chi connectivity index (χ0v) is 11.9. The van der Waals surface area contributed by atoms with E-state index in [1.807, 2.05) is 24.3 Å². The van der Waals surface area contributed by atoms with Gasteiger partial charge in [-0.15, -0.1) is 0 Å². The molecule has 2 heterocycles. The summed E-state index contributed by atoms with van der Waals surface area (Å²) in [5, 5.41) is 2.17. The van der Waals surface area contributed by atoms with Gasteiger partial charge in [0.2, 0.25) is 0 Å². The molecule has 0 fully saturated rings. The highest BCUT2D eigenvalue weighted by Crippen LogP contribution is 2.26. The van der Waals surface area contributed by atoms with E-state index in [1.165, 1.54) is 6.07 Å². The van der Waals surface area contributed by atoms with Crippen LogP contribution in [0.1, 0.15) is 11.5 Å². The summed E-state index contributed by atoms with van der Waals surface area (Å²) in [5.74, 6) is 2.02. The van der Waals surface area contributed by atoms with Gasteiger partial charge in [-0.2, -0.15) is 0 Å². The Kier molecular flexibility index (Phi) is 4.08. The molecule has 2 aromatic heterocycles. The number of nitrogens with two attached hydrogens (primary N) is 1. The van der Waals surface area contributed by atoms with Crippen LogP contribution >= 0.6 is 11.6 Å². The lowest BCUT2D eigenvalue weighted by Gasteiger charge is -2.00. The third-order valence-corrected chi connectivity index (χ3v) is 3.43. The van der Waals surface area contributed by atoms with Crippen molar-refractivity contribution < 1.29 is 18.5 Å². The number of quaternary nitrogens is 1. The van der Waals surface area contributed by atoms with Crippen molar-refractivity contribution in [1.29, 1.82) is 0 Å². The average molecular weight is 307 g/mol. The summed E-state index contributed by atoms with van der Waals surface area (Å²) in [6.07, 6.45) is 1.66. The molecule has 0 spiro atoms. The Morgan fingerprint density at radius 2 is 1.90 bits per heavy atom. The Morgan fingerprint density at radius 1 is 1.05 bits per heavy atom. The molecule has 21 heavy (non-hydrogen) atoms. The fourth-order valence-electron chi connectivity index (χ4n) is 2.08. The molecule has 108 valence electrons. The van der Waals surface area contributed by atoms with Crippen molar-refractivity contribution in [2.45, 2.75) is 13.1 Å². The van der Waals surface area contributed by atoms with Gasteiger partial charge in [0.15, 0.2) is 11.5 Å². The van der Waals surface area contributed by atoms with Gasteiger partial charge in [-0.05, 0) is 42.5 Å². The van der Waals surface area contributed by atoms with Gasteiger partial charge >= 0.3 is 0 Å². The van der Waals surface area contributed by atoms with Crippen LogP contribution in [0.4, 0.5) is 4.39 Å². The molecule has 0 aliphatic rings. The molecule has 1 aromatic carbocycles. The molecule has 0 radical (unpaired) electrons. The molecule has 5 heteroatoms. The third kappa shape index (κ3) is 3.35. The van der Waals surface area contributed by atoms with Gasteiger partial charge in [-0.3, -0.25) is 0 Å². The van der Waals surface area contributed by atoms with Crippen molar-refractivity contribution in [2.75, 3.05) is 0 Å². The van der Waals surface area contributed by atoms with Gasteiger partial charge in [0.25, 0.3) is 0 Å². The normalized spacial score (nSPS) is 11.0. The van der Waals surface area contributed by atoms with E-state index in [0.29, 0.717) is 12.3 Å². The van der Waals surface area contributed by atoms with Crippen molar-refractivity contribution in [2.24, 2.45) is 0 Å². The van der Waals surface area contributed by atoms with E-state index in [2.05, 4.69) is 5.32 Å². The minimum Gasteiger partial charge on any atom is -0.463 e. The second kappa shape index (κ2) is 6.16. The summed E-state index contributed by atoms with van der Waals surface area (Å²) < 4.78 is 24.1. The Bertz CT molecular complexity index is 722. The van der Waals surface area contributed by atoms with E-state index in [-0.39, 0.29) is 5.02 Å². The van der Waals surface area contributed by atoms with Crippen LogP contribution < -0.4 is 5.32 Å². The van der Waals surface area contributed by atoms with E-state index < -0.39 is 5.82 Å². The first-order chi connectivity index (χ1) is 10.2. The predicted molar refractivity (Wildman–Crippen MR) is 77.2 cm³/mol. The summed E-state index contributed by atoms with van der Waals surface area (Å²) in [6, 6.07) is 12.1. The zero-order chi connectivity index (χ0) is 14.7. The van der Waals surface area contributed by atoms with E-state index in [9.17, 15) is 4.39 Å². The van der Waals surface area contributed by atoms with Crippen molar-refractivity contribution in [3.05, 3.63) is 71.1 Å². The minimum absolute atomic E-state index is 0.0924. The molecular weight excluding hydrogens is 293 g/mol. The Balaban J connectivity index is 1.64. The second-order valence-electron chi connectivity index (χ2n) is 4.67. The van der Waals surface area contributed by atoms with E-state index in [1.54, 1.807) is 18.4 Å². The fourth-order valence-corrected chi connectivity index (χ4v) is 2.26. The van der Waals surface area contributed by atoms with E-state index >= 15 is 0 Å². The minimum atomic E-state index is -0.432. The molecule has 0 aliphatic heterocycles. The van der Waals surface area contributed by atoms with Crippen molar-refractivity contribution in [3.63, 3.8) is 0 Å². The van der Waals surface area contributed by atoms with Crippen LogP contribution in [-0.2, 0) is 13.1 Å². The quantitative estimate of drug-likeness (QED) is 0.782. The molecule has 3 aromatic rings. The summed E-state index contributed by atoms with van der Waals surface area (Å²) >= 11 is 5.78. The Hall–Kier alpha value is -2.04. The van der Waals surface area contributed by atoms with Crippen LogP contribution in [-0.4, -0.2) is 0 Å². The maximum atomic E-state index is 13.1.